The van der Waals surface area contributed by atoms with Gasteiger partial charge in [0.25, 0.3) is 0 Å². The van der Waals surface area contributed by atoms with Crippen molar-refractivity contribution >= 4 is 40.4 Å². The summed E-state index contributed by atoms with van der Waals surface area (Å²) in [5, 5.41) is 6.41. The van der Waals surface area contributed by atoms with Gasteiger partial charge in [0.05, 0.1) is 36.0 Å². The highest BCUT2D eigenvalue weighted by atomic mass is 35.5. The molecule has 0 spiro atoms. The van der Waals surface area contributed by atoms with Crippen LogP contribution in [-0.4, -0.2) is 30.5 Å². The van der Waals surface area contributed by atoms with Crippen molar-refractivity contribution in [1.82, 2.24) is 10.3 Å². The zero-order valence-electron chi connectivity index (χ0n) is 15.5. The third kappa shape index (κ3) is 4.42. The van der Waals surface area contributed by atoms with Crippen LogP contribution in [0.15, 0.2) is 23.6 Å². The van der Waals surface area contributed by atoms with Gasteiger partial charge in [-0.3, -0.25) is 9.59 Å². The Morgan fingerprint density at radius 2 is 2.26 bits per heavy atom. The van der Waals surface area contributed by atoms with E-state index in [4.69, 9.17) is 16.3 Å². The Morgan fingerprint density at radius 1 is 1.48 bits per heavy atom. The monoisotopic (exact) mass is 407 g/mol. The molecule has 0 aliphatic carbocycles. The van der Waals surface area contributed by atoms with E-state index in [1.165, 1.54) is 7.11 Å². The SMILES string of the molecule is COc1ccc(Cl)cc1N1CC(C(=O)NCc2csc(C(C)C)n2)CC1=O. The van der Waals surface area contributed by atoms with Gasteiger partial charge in [-0.05, 0) is 18.2 Å². The summed E-state index contributed by atoms with van der Waals surface area (Å²) in [7, 11) is 1.54. The molecule has 1 N–H and O–H groups in total. The number of nitrogens with one attached hydrogen (secondary N) is 1. The molecule has 0 saturated carbocycles. The first-order chi connectivity index (χ1) is 12.9. The smallest absolute Gasteiger partial charge is 0.227 e. The number of anilines is 1. The number of nitrogens with zero attached hydrogens (tertiary/aromatic N) is 2. The number of hydrogen-bond donors (Lipinski definition) is 1. The lowest BCUT2D eigenvalue weighted by molar-refractivity contribution is -0.126. The zero-order chi connectivity index (χ0) is 19.6. The average Bonchev–Trinajstić information content (AvgIpc) is 3.26. The summed E-state index contributed by atoms with van der Waals surface area (Å²) in [4.78, 5) is 31.1. The van der Waals surface area contributed by atoms with Gasteiger partial charge in [-0.1, -0.05) is 25.4 Å². The van der Waals surface area contributed by atoms with Crippen LogP contribution in [0.3, 0.4) is 0 Å². The fourth-order valence-electron chi connectivity index (χ4n) is 2.98. The quantitative estimate of drug-likeness (QED) is 0.794. The first-order valence-corrected chi connectivity index (χ1v) is 10.0. The van der Waals surface area contributed by atoms with E-state index in [2.05, 4.69) is 24.1 Å². The molecule has 1 atom stereocenters. The first kappa shape index (κ1) is 19.6. The number of thiazole rings is 1. The van der Waals surface area contributed by atoms with Gasteiger partial charge in [0.1, 0.15) is 5.75 Å². The fourth-order valence-corrected chi connectivity index (χ4v) is 3.98. The highest BCUT2D eigenvalue weighted by Gasteiger charge is 2.36. The molecule has 0 bridgehead atoms. The molecule has 1 saturated heterocycles. The van der Waals surface area contributed by atoms with Crippen LogP contribution in [0.1, 0.15) is 36.9 Å². The van der Waals surface area contributed by atoms with Gasteiger partial charge in [-0.25, -0.2) is 4.98 Å². The molecule has 0 radical (unpaired) electrons. The van der Waals surface area contributed by atoms with Gasteiger partial charge in [-0.15, -0.1) is 11.3 Å². The molecule has 27 heavy (non-hydrogen) atoms. The van der Waals surface area contributed by atoms with E-state index >= 15 is 0 Å². The van der Waals surface area contributed by atoms with Crippen LogP contribution >= 0.6 is 22.9 Å². The summed E-state index contributed by atoms with van der Waals surface area (Å²) in [6.45, 7) is 4.84. The zero-order valence-corrected chi connectivity index (χ0v) is 17.1. The molecule has 1 fully saturated rings. The minimum absolute atomic E-state index is 0.119. The van der Waals surface area contributed by atoms with Crippen LogP contribution in [-0.2, 0) is 16.1 Å². The highest BCUT2D eigenvalue weighted by Crippen LogP contribution is 2.35. The predicted molar refractivity (Wildman–Crippen MR) is 107 cm³/mol. The topological polar surface area (TPSA) is 71.5 Å². The van der Waals surface area contributed by atoms with Crippen molar-refractivity contribution in [1.29, 1.82) is 0 Å². The Bertz CT molecular complexity index is 852. The minimum Gasteiger partial charge on any atom is -0.495 e. The van der Waals surface area contributed by atoms with Crippen LogP contribution in [0.25, 0.3) is 0 Å². The van der Waals surface area contributed by atoms with Gasteiger partial charge >= 0.3 is 0 Å². The van der Waals surface area contributed by atoms with E-state index in [0.29, 0.717) is 35.5 Å². The number of aromatic nitrogens is 1. The summed E-state index contributed by atoms with van der Waals surface area (Å²) < 4.78 is 5.32. The Labute approximate surface area is 167 Å². The molecule has 1 unspecified atom stereocenters. The second kappa shape index (κ2) is 8.27. The molecule has 1 aromatic heterocycles. The largest absolute Gasteiger partial charge is 0.495 e. The molecule has 2 amide bonds. The Morgan fingerprint density at radius 3 is 2.93 bits per heavy atom. The summed E-state index contributed by atoms with van der Waals surface area (Å²) >= 11 is 7.66. The Hall–Kier alpha value is -2.12. The lowest BCUT2D eigenvalue weighted by Gasteiger charge is -2.19. The Balaban J connectivity index is 1.64. The number of carbonyl (C=O) groups is 2. The van der Waals surface area contributed by atoms with Crippen LogP contribution in [0, 0.1) is 5.92 Å². The lowest BCUT2D eigenvalue weighted by atomic mass is 10.1. The molecule has 1 aliphatic rings. The van der Waals surface area contributed by atoms with E-state index in [1.54, 1.807) is 34.4 Å². The number of ether oxygens (including phenoxy) is 1. The third-order valence-corrected chi connectivity index (χ3v) is 5.86. The average molecular weight is 408 g/mol. The normalized spacial score (nSPS) is 16.9. The fraction of sp³-hybridized carbons (Fsp3) is 0.421. The number of methoxy groups -OCH3 is 1. The summed E-state index contributed by atoms with van der Waals surface area (Å²) in [6.07, 6.45) is 0.163. The molecule has 8 heteroatoms. The first-order valence-electron chi connectivity index (χ1n) is 8.75. The van der Waals surface area contributed by atoms with Crippen molar-refractivity contribution in [3.8, 4) is 5.75 Å². The van der Waals surface area contributed by atoms with E-state index in [-0.39, 0.29) is 18.2 Å². The maximum absolute atomic E-state index is 12.5. The van der Waals surface area contributed by atoms with Gasteiger partial charge in [0, 0.05) is 29.3 Å². The molecular formula is C19H22ClN3O3S. The van der Waals surface area contributed by atoms with E-state index in [1.807, 2.05) is 5.38 Å². The minimum atomic E-state index is -0.413. The predicted octanol–water partition coefficient (Wildman–Crippen LogP) is 3.60. The van der Waals surface area contributed by atoms with Crippen molar-refractivity contribution in [2.24, 2.45) is 5.92 Å². The van der Waals surface area contributed by atoms with Gasteiger partial charge in [-0.2, -0.15) is 0 Å². The molecule has 2 aromatic rings. The van der Waals surface area contributed by atoms with E-state index in [0.717, 1.165) is 10.7 Å². The van der Waals surface area contributed by atoms with Crippen molar-refractivity contribution < 1.29 is 14.3 Å². The molecular weight excluding hydrogens is 386 g/mol. The van der Waals surface area contributed by atoms with Gasteiger partial charge in [0.15, 0.2) is 0 Å². The maximum Gasteiger partial charge on any atom is 0.227 e. The summed E-state index contributed by atoms with van der Waals surface area (Å²) in [5.74, 6) is 0.243. The van der Waals surface area contributed by atoms with Crippen LogP contribution < -0.4 is 15.0 Å². The maximum atomic E-state index is 12.5. The Kier molecular flexibility index (Phi) is 6.01. The van der Waals surface area contributed by atoms with Crippen molar-refractivity contribution in [3.63, 3.8) is 0 Å². The highest BCUT2D eigenvalue weighted by molar-refractivity contribution is 7.09. The van der Waals surface area contributed by atoms with E-state index in [9.17, 15) is 9.59 Å². The number of amides is 2. The standard InChI is InChI=1S/C19H22ClN3O3S/c1-11(2)19-22-14(10-27-19)8-21-18(25)12-6-17(24)23(9-12)15-7-13(20)4-5-16(15)26-3/h4-5,7,10-12H,6,8-9H2,1-3H3,(H,21,25). The van der Waals surface area contributed by atoms with Crippen LogP contribution in [0.5, 0.6) is 5.75 Å². The van der Waals surface area contributed by atoms with E-state index < -0.39 is 5.92 Å². The van der Waals surface area contributed by atoms with Crippen LogP contribution in [0.4, 0.5) is 5.69 Å². The molecule has 1 aromatic carbocycles. The molecule has 2 heterocycles. The number of carbonyl (C=O) groups excluding carboxylic acids is 2. The van der Waals surface area contributed by atoms with Crippen molar-refractivity contribution in [2.75, 3.05) is 18.6 Å². The summed E-state index contributed by atoms with van der Waals surface area (Å²) in [5.41, 5.74) is 1.43. The number of hydrogen-bond acceptors (Lipinski definition) is 5. The second-order valence-electron chi connectivity index (χ2n) is 6.77. The molecule has 3 rings (SSSR count). The van der Waals surface area contributed by atoms with Gasteiger partial charge in [0.2, 0.25) is 11.8 Å². The number of benzene rings is 1. The van der Waals surface area contributed by atoms with Crippen LogP contribution in [0.2, 0.25) is 5.02 Å². The molecule has 6 nitrogen and oxygen atoms in total. The number of rotatable bonds is 6. The molecule has 144 valence electrons. The van der Waals surface area contributed by atoms with Crippen molar-refractivity contribution in [3.05, 3.63) is 39.3 Å². The second-order valence-corrected chi connectivity index (χ2v) is 8.10. The van der Waals surface area contributed by atoms with Crippen molar-refractivity contribution in [2.45, 2.75) is 32.7 Å². The number of halogens is 1. The third-order valence-electron chi connectivity index (χ3n) is 4.43. The van der Waals surface area contributed by atoms with Gasteiger partial charge < -0.3 is 15.0 Å². The lowest BCUT2D eigenvalue weighted by Crippen LogP contribution is -2.32. The molecule has 1 aliphatic heterocycles. The summed E-state index contributed by atoms with van der Waals surface area (Å²) in [6, 6.07) is 5.10.